The van der Waals surface area contributed by atoms with E-state index in [1.165, 1.54) is 11.1 Å². The quantitative estimate of drug-likeness (QED) is 0.670. The monoisotopic (exact) mass is 399 g/mol. The summed E-state index contributed by atoms with van der Waals surface area (Å²) in [6.07, 6.45) is 3.36. The van der Waals surface area contributed by atoms with Crippen molar-refractivity contribution in [3.8, 4) is 0 Å². The number of para-hydroxylation sites is 1. The van der Waals surface area contributed by atoms with Crippen molar-refractivity contribution in [1.29, 1.82) is 0 Å². The molecule has 1 aliphatic rings. The minimum Gasteiger partial charge on any atom is -0.351 e. The number of halogens is 1. The molecule has 0 bridgehead atoms. The number of carbonyl (C=O) groups is 1. The molecule has 4 rings (SSSR count). The molecule has 0 radical (unpaired) electrons. The van der Waals surface area contributed by atoms with Crippen LogP contribution in [0.2, 0.25) is 5.02 Å². The van der Waals surface area contributed by atoms with Crippen LogP contribution in [-0.2, 0) is 11.3 Å². The summed E-state index contributed by atoms with van der Waals surface area (Å²) in [7, 11) is 0. The molecule has 1 atom stereocenters. The van der Waals surface area contributed by atoms with Gasteiger partial charge in [-0.2, -0.15) is 0 Å². The molecule has 2 aromatic carbocycles. The van der Waals surface area contributed by atoms with E-state index < -0.39 is 0 Å². The van der Waals surface area contributed by atoms with Gasteiger partial charge in [0.1, 0.15) is 5.01 Å². The number of rotatable bonds is 5. The fourth-order valence-electron chi connectivity index (χ4n) is 3.57. The lowest BCUT2D eigenvalue weighted by atomic mass is 10.0. The molecule has 0 unspecified atom stereocenters. The first-order chi connectivity index (χ1) is 13.2. The molecule has 0 saturated carbocycles. The van der Waals surface area contributed by atoms with Gasteiger partial charge in [-0.1, -0.05) is 48.4 Å². The molecule has 140 valence electrons. The molecular weight excluding hydrogens is 378 g/mol. The maximum absolute atomic E-state index is 12.5. The van der Waals surface area contributed by atoms with Gasteiger partial charge < -0.3 is 5.32 Å². The average molecular weight is 400 g/mol. The maximum Gasteiger partial charge on any atom is 0.234 e. The Morgan fingerprint density at radius 2 is 2.00 bits per heavy atom. The number of nitrogens with one attached hydrogen (secondary N) is 1. The first kappa shape index (κ1) is 18.4. The number of benzene rings is 2. The Bertz CT molecular complexity index is 909. The van der Waals surface area contributed by atoms with Crippen LogP contribution < -0.4 is 5.32 Å². The molecule has 6 heteroatoms. The van der Waals surface area contributed by atoms with Gasteiger partial charge in [-0.25, -0.2) is 4.98 Å². The second-order valence-electron chi connectivity index (χ2n) is 6.87. The van der Waals surface area contributed by atoms with Gasteiger partial charge in [-0.15, -0.1) is 11.3 Å². The van der Waals surface area contributed by atoms with Gasteiger partial charge in [0.25, 0.3) is 0 Å². The molecule has 27 heavy (non-hydrogen) atoms. The molecule has 1 saturated heterocycles. The van der Waals surface area contributed by atoms with Crippen molar-refractivity contribution < 1.29 is 4.79 Å². The number of thiazole rings is 1. The van der Waals surface area contributed by atoms with Crippen molar-refractivity contribution in [1.82, 2.24) is 15.2 Å². The topological polar surface area (TPSA) is 45.2 Å². The van der Waals surface area contributed by atoms with Crippen molar-refractivity contribution in [3.05, 3.63) is 64.1 Å². The molecule has 2 heterocycles. The van der Waals surface area contributed by atoms with Crippen LogP contribution in [0.3, 0.4) is 0 Å². The van der Waals surface area contributed by atoms with Gasteiger partial charge in [0.05, 0.1) is 22.8 Å². The second-order valence-corrected chi connectivity index (χ2v) is 8.34. The van der Waals surface area contributed by atoms with Gasteiger partial charge in [0, 0.05) is 11.6 Å². The average Bonchev–Trinajstić information content (AvgIpc) is 3.12. The van der Waals surface area contributed by atoms with E-state index in [1.54, 1.807) is 11.3 Å². The highest BCUT2D eigenvalue weighted by Crippen LogP contribution is 2.35. The minimum atomic E-state index is 0.0305. The van der Waals surface area contributed by atoms with E-state index in [1.807, 2.05) is 36.4 Å². The molecule has 1 aliphatic heterocycles. The van der Waals surface area contributed by atoms with Crippen molar-refractivity contribution in [2.24, 2.45) is 0 Å². The van der Waals surface area contributed by atoms with Crippen LogP contribution in [0.4, 0.5) is 0 Å². The number of likely N-dealkylation sites (tertiary alicyclic amines) is 1. The molecule has 0 aliphatic carbocycles. The minimum absolute atomic E-state index is 0.0305. The first-order valence-electron chi connectivity index (χ1n) is 9.30. The Morgan fingerprint density at radius 3 is 2.85 bits per heavy atom. The number of nitrogens with zero attached hydrogens (tertiary/aromatic N) is 2. The fraction of sp³-hybridized carbons (Fsp3) is 0.333. The predicted octanol–water partition coefficient (Wildman–Crippen LogP) is 4.79. The summed E-state index contributed by atoms with van der Waals surface area (Å²) in [6.45, 7) is 1.78. The van der Waals surface area contributed by atoms with E-state index in [9.17, 15) is 4.79 Å². The summed E-state index contributed by atoms with van der Waals surface area (Å²) in [5.41, 5.74) is 1.99. The molecule has 1 aromatic heterocycles. The first-order valence-corrected chi connectivity index (χ1v) is 10.5. The summed E-state index contributed by atoms with van der Waals surface area (Å²) < 4.78 is 1.21. The summed E-state index contributed by atoms with van der Waals surface area (Å²) in [6, 6.07) is 16.1. The molecular formula is C21H22ClN3OS. The van der Waals surface area contributed by atoms with Crippen molar-refractivity contribution in [3.63, 3.8) is 0 Å². The number of aromatic nitrogens is 1. The number of carbonyl (C=O) groups excluding carboxylic acids is 1. The lowest BCUT2D eigenvalue weighted by Crippen LogP contribution is -2.41. The SMILES string of the molecule is O=C(CN1CCCC[C@@H]1c1nc2ccccc2s1)NCc1ccccc1Cl. The zero-order valence-corrected chi connectivity index (χ0v) is 16.6. The standard InChI is InChI=1S/C21H22ClN3OS/c22-16-8-2-1-7-15(16)13-23-20(26)14-25-12-6-5-10-18(25)21-24-17-9-3-4-11-19(17)27-21/h1-4,7-9,11,18H,5-6,10,12-14H2,(H,23,26)/t18-/m1/s1. The van der Waals surface area contributed by atoms with E-state index >= 15 is 0 Å². The van der Waals surface area contributed by atoms with E-state index in [4.69, 9.17) is 16.6 Å². The lowest BCUT2D eigenvalue weighted by molar-refractivity contribution is -0.123. The van der Waals surface area contributed by atoms with Crippen LogP contribution in [0.5, 0.6) is 0 Å². The van der Waals surface area contributed by atoms with Gasteiger partial charge >= 0.3 is 0 Å². The molecule has 4 nitrogen and oxygen atoms in total. The smallest absolute Gasteiger partial charge is 0.234 e. The molecule has 1 N–H and O–H groups in total. The van der Waals surface area contributed by atoms with E-state index in [0.717, 1.165) is 35.5 Å². The summed E-state index contributed by atoms with van der Waals surface area (Å²) in [5, 5.41) is 4.81. The van der Waals surface area contributed by atoms with Crippen LogP contribution in [-0.4, -0.2) is 28.9 Å². The van der Waals surface area contributed by atoms with Crippen LogP contribution in [0.1, 0.15) is 35.9 Å². The Kier molecular flexibility index (Phi) is 5.72. The summed E-state index contributed by atoms with van der Waals surface area (Å²) in [4.78, 5) is 19.6. The van der Waals surface area contributed by atoms with Crippen molar-refractivity contribution in [2.75, 3.05) is 13.1 Å². The van der Waals surface area contributed by atoms with Gasteiger partial charge in [0.15, 0.2) is 0 Å². The number of hydrogen-bond donors (Lipinski definition) is 1. The van der Waals surface area contributed by atoms with E-state index in [-0.39, 0.29) is 11.9 Å². The zero-order valence-electron chi connectivity index (χ0n) is 15.0. The number of amides is 1. The lowest BCUT2D eigenvalue weighted by Gasteiger charge is -2.33. The van der Waals surface area contributed by atoms with Crippen molar-refractivity contribution >= 4 is 39.1 Å². The fourth-order valence-corrected chi connectivity index (χ4v) is 4.91. The highest BCUT2D eigenvalue weighted by Gasteiger charge is 2.28. The highest BCUT2D eigenvalue weighted by atomic mass is 35.5. The van der Waals surface area contributed by atoms with E-state index in [2.05, 4.69) is 22.3 Å². The van der Waals surface area contributed by atoms with Crippen LogP contribution in [0, 0.1) is 0 Å². The van der Waals surface area contributed by atoms with Gasteiger partial charge in [0.2, 0.25) is 5.91 Å². The van der Waals surface area contributed by atoms with E-state index in [0.29, 0.717) is 18.1 Å². The number of hydrogen-bond acceptors (Lipinski definition) is 4. The number of fused-ring (bicyclic) bond motifs is 1. The summed E-state index contributed by atoms with van der Waals surface area (Å²) >= 11 is 7.92. The second kappa shape index (κ2) is 8.38. The Hall–Kier alpha value is -1.95. The molecule has 0 spiro atoms. The molecule has 1 amide bonds. The van der Waals surface area contributed by atoms with Crippen molar-refractivity contribution in [2.45, 2.75) is 31.8 Å². The molecule has 1 fully saturated rings. The highest BCUT2D eigenvalue weighted by molar-refractivity contribution is 7.18. The van der Waals surface area contributed by atoms with Crippen LogP contribution >= 0.6 is 22.9 Å². The third-order valence-corrected chi connectivity index (χ3v) is 6.50. The zero-order chi connectivity index (χ0) is 18.6. The van der Waals surface area contributed by atoms with Crippen LogP contribution in [0.15, 0.2) is 48.5 Å². The Balaban J connectivity index is 1.43. The van der Waals surface area contributed by atoms with Crippen LogP contribution in [0.25, 0.3) is 10.2 Å². The third-order valence-electron chi connectivity index (χ3n) is 4.99. The number of piperidine rings is 1. The van der Waals surface area contributed by atoms with Gasteiger partial charge in [-0.3, -0.25) is 9.69 Å². The Labute approximate surface area is 168 Å². The third kappa shape index (κ3) is 4.32. The van der Waals surface area contributed by atoms with Gasteiger partial charge in [-0.05, 0) is 43.1 Å². The maximum atomic E-state index is 12.5. The Morgan fingerprint density at radius 1 is 1.19 bits per heavy atom. The predicted molar refractivity (Wildman–Crippen MR) is 111 cm³/mol. The molecule has 3 aromatic rings. The normalized spacial score (nSPS) is 17.9. The summed E-state index contributed by atoms with van der Waals surface area (Å²) in [5.74, 6) is 0.0305. The largest absolute Gasteiger partial charge is 0.351 e.